The van der Waals surface area contributed by atoms with E-state index in [4.69, 9.17) is 24.9 Å². The number of aliphatic hydroxyl groups is 4. The Morgan fingerprint density at radius 3 is 1.39 bits per heavy atom. The fraction of sp³-hybridized carbons (Fsp3) is 1.00. The highest BCUT2D eigenvalue weighted by molar-refractivity contribution is 6.74. The van der Waals surface area contributed by atoms with E-state index in [1.165, 1.54) is 0 Å². The Kier molecular flexibility index (Phi) is 20.4. The lowest BCUT2D eigenvalue weighted by molar-refractivity contribution is -0.135. The first-order valence-electron chi connectivity index (χ1n) is 19.2. The molecule has 0 radical (unpaired) electrons. The Bertz CT molecular complexity index is 1060. The van der Waals surface area contributed by atoms with Gasteiger partial charge >= 0.3 is 0 Å². The van der Waals surface area contributed by atoms with E-state index < -0.39 is 57.8 Å². The zero-order valence-electron chi connectivity index (χ0n) is 36.8. The normalized spacial score (nSPS) is 24.5. The molecule has 0 bridgehead atoms. The molecular weight excluding hydrogens is 681 g/mol. The van der Waals surface area contributed by atoms with Crippen molar-refractivity contribution >= 4 is 16.6 Å². The third-order valence-electron chi connectivity index (χ3n) is 12.3. The van der Waals surface area contributed by atoms with Crippen molar-refractivity contribution in [2.75, 3.05) is 0 Å². The van der Waals surface area contributed by atoms with Gasteiger partial charge in [-0.1, -0.05) is 101 Å². The molecule has 1 rings (SSSR count). The van der Waals surface area contributed by atoms with E-state index in [1.54, 1.807) is 13.8 Å². The minimum Gasteiger partial charge on any atom is -0.411 e. The third-order valence-corrected chi connectivity index (χ3v) is 21.2. The lowest BCUT2D eigenvalue weighted by atomic mass is 9.81. The monoisotopic (exact) mass is 765 g/mol. The van der Waals surface area contributed by atoms with Crippen LogP contribution < -0.4 is 5.73 Å². The maximum absolute atomic E-state index is 11.0. The molecule has 2 unspecified atom stereocenters. The minimum absolute atomic E-state index is 0.0346. The van der Waals surface area contributed by atoms with Crippen molar-refractivity contribution in [3.63, 3.8) is 0 Å². The summed E-state index contributed by atoms with van der Waals surface area (Å²) in [4.78, 5) is 2.90. The molecule has 0 saturated carbocycles. The van der Waals surface area contributed by atoms with Crippen LogP contribution in [0.4, 0.5) is 0 Å². The molecule has 1 fully saturated rings. The molecule has 12 atom stereocenters. The van der Waals surface area contributed by atoms with Crippen LogP contribution in [-0.4, -0.2) is 96.5 Å². The average Bonchev–Trinajstić information content (AvgIpc) is 3.73. The van der Waals surface area contributed by atoms with Gasteiger partial charge in [0.15, 0.2) is 16.6 Å². The molecule has 0 aliphatic carbocycles. The zero-order valence-corrected chi connectivity index (χ0v) is 38.8. The molecule has 51 heavy (non-hydrogen) atoms. The maximum Gasteiger partial charge on any atom is 0.192 e. The first-order valence-corrected chi connectivity index (χ1v) is 25.1. The number of epoxide rings is 1. The SMILES string of the molecule is CC[C@@H](C)[C@@](C)(O)C(O[Si](C)(C)C(C)(C)C)[C@@H](C)N=[N+]=[N-].CC[C@@H](C)[C@@](C)(O)[C@@H]1O[C@H]1C.CC[C@@H](O)[C@@](C)(O)C(O[Si](C)(C)C(C)(C)C)[C@@H](C)N. The van der Waals surface area contributed by atoms with Gasteiger partial charge in [-0.25, -0.2) is 0 Å². The lowest BCUT2D eigenvalue weighted by Gasteiger charge is -2.46. The van der Waals surface area contributed by atoms with Gasteiger partial charge in [0.2, 0.25) is 0 Å². The van der Waals surface area contributed by atoms with Gasteiger partial charge in [-0.15, -0.1) is 0 Å². The van der Waals surface area contributed by atoms with Crippen LogP contribution in [0.3, 0.4) is 0 Å². The largest absolute Gasteiger partial charge is 0.411 e. The molecule has 0 aromatic rings. The molecular formula is C38H84N4O7Si2. The van der Waals surface area contributed by atoms with Gasteiger partial charge < -0.3 is 39.7 Å². The highest BCUT2D eigenvalue weighted by atomic mass is 28.4. The summed E-state index contributed by atoms with van der Waals surface area (Å²) >= 11 is 0. The van der Waals surface area contributed by atoms with Crippen LogP contribution >= 0.6 is 0 Å². The van der Waals surface area contributed by atoms with Gasteiger partial charge in [-0.3, -0.25) is 0 Å². The number of hydrogen-bond donors (Lipinski definition) is 5. The number of aliphatic hydroxyl groups excluding tert-OH is 1. The van der Waals surface area contributed by atoms with Crippen molar-refractivity contribution in [1.82, 2.24) is 0 Å². The van der Waals surface area contributed by atoms with E-state index in [-0.39, 0.29) is 34.2 Å². The summed E-state index contributed by atoms with van der Waals surface area (Å²) in [6.45, 7) is 42.4. The summed E-state index contributed by atoms with van der Waals surface area (Å²) in [5.74, 6) is 0.376. The van der Waals surface area contributed by atoms with Gasteiger partial charge in [0.05, 0.1) is 41.7 Å². The van der Waals surface area contributed by atoms with Gasteiger partial charge in [0.25, 0.3) is 0 Å². The summed E-state index contributed by atoms with van der Waals surface area (Å²) < 4.78 is 17.9. The molecule has 13 heteroatoms. The van der Waals surface area contributed by atoms with Crippen LogP contribution in [0.2, 0.25) is 36.3 Å². The highest BCUT2D eigenvalue weighted by Gasteiger charge is 2.51. The van der Waals surface area contributed by atoms with Crippen LogP contribution in [0.25, 0.3) is 10.4 Å². The van der Waals surface area contributed by atoms with Crippen LogP contribution in [0.15, 0.2) is 5.11 Å². The maximum atomic E-state index is 11.0. The van der Waals surface area contributed by atoms with Crippen LogP contribution in [0.1, 0.15) is 137 Å². The number of nitrogens with two attached hydrogens (primary N) is 1. The number of ether oxygens (including phenoxy) is 1. The van der Waals surface area contributed by atoms with E-state index in [0.717, 1.165) is 12.8 Å². The van der Waals surface area contributed by atoms with Crippen molar-refractivity contribution in [2.24, 2.45) is 22.7 Å². The molecule has 0 spiro atoms. The Labute approximate surface area is 315 Å². The fourth-order valence-corrected chi connectivity index (χ4v) is 8.25. The topological polar surface area (TPSA) is 187 Å². The Balaban J connectivity index is 0. The minimum atomic E-state index is -2.07. The number of rotatable bonds is 16. The highest BCUT2D eigenvalue weighted by Crippen LogP contribution is 2.42. The Morgan fingerprint density at radius 1 is 0.745 bits per heavy atom. The second kappa shape index (κ2) is 19.8. The van der Waals surface area contributed by atoms with Crippen LogP contribution in [0.5, 0.6) is 0 Å². The van der Waals surface area contributed by atoms with Gasteiger partial charge in [0.1, 0.15) is 11.7 Å². The molecule has 0 aromatic heterocycles. The molecule has 11 nitrogen and oxygen atoms in total. The number of azide groups is 1. The number of hydrogen-bond acceptors (Lipinski definition) is 9. The first-order chi connectivity index (χ1) is 22.6. The summed E-state index contributed by atoms with van der Waals surface area (Å²) in [6, 6.07) is -0.751. The van der Waals surface area contributed by atoms with Crippen molar-refractivity contribution < 1.29 is 34.0 Å². The van der Waals surface area contributed by atoms with E-state index in [9.17, 15) is 20.4 Å². The molecule has 0 amide bonds. The predicted molar refractivity (Wildman–Crippen MR) is 218 cm³/mol. The van der Waals surface area contributed by atoms with Crippen molar-refractivity contribution in [3.05, 3.63) is 10.4 Å². The molecule has 0 aromatic carbocycles. The lowest BCUT2D eigenvalue weighted by Crippen LogP contribution is -2.61. The smallest absolute Gasteiger partial charge is 0.192 e. The average molecular weight is 765 g/mol. The summed E-state index contributed by atoms with van der Waals surface area (Å²) in [6.07, 6.45) is 0.724. The molecule has 1 saturated heterocycles. The van der Waals surface area contributed by atoms with E-state index in [1.807, 2.05) is 48.5 Å². The summed E-state index contributed by atoms with van der Waals surface area (Å²) in [7, 11) is -4.12. The second-order valence-corrected chi connectivity index (χ2v) is 28.4. The summed E-state index contributed by atoms with van der Waals surface area (Å²) in [5.41, 5.74) is 11.7. The molecule has 1 heterocycles. The van der Waals surface area contributed by atoms with E-state index in [2.05, 4.69) is 91.6 Å². The second-order valence-electron chi connectivity index (χ2n) is 18.9. The predicted octanol–water partition coefficient (Wildman–Crippen LogP) is 8.69. The Morgan fingerprint density at radius 2 is 1.12 bits per heavy atom. The zero-order chi connectivity index (χ0) is 41.4. The van der Waals surface area contributed by atoms with Gasteiger partial charge in [0, 0.05) is 11.0 Å². The first kappa shape index (κ1) is 52.5. The molecule has 1 aliphatic rings. The van der Waals surface area contributed by atoms with Gasteiger partial charge in [-0.05, 0) is 94.7 Å². The van der Waals surface area contributed by atoms with Crippen molar-refractivity contribution in [3.8, 4) is 0 Å². The fourth-order valence-electron chi connectivity index (χ4n) is 5.38. The quantitative estimate of drug-likeness (QED) is 0.0339. The third kappa shape index (κ3) is 14.9. The molecule has 1 aliphatic heterocycles. The summed E-state index contributed by atoms with van der Waals surface area (Å²) in [5, 5.41) is 45.5. The van der Waals surface area contributed by atoms with Crippen LogP contribution in [-0.2, 0) is 13.6 Å². The van der Waals surface area contributed by atoms with E-state index >= 15 is 0 Å². The molecule has 6 N–H and O–H groups in total. The Hall–Kier alpha value is -0.576. The van der Waals surface area contributed by atoms with E-state index in [0.29, 0.717) is 12.3 Å². The number of nitrogens with zero attached hydrogens (tertiary/aromatic N) is 3. The van der Waals surface area contributed by atoms with Crippen molar-refractivity contribution in [2.45, 2.75) is 233 Å². The van der Waals surface area contributed by atoms with Gasteiger partial charge in [-0.2, -0.15) is 0 Å². The van der Waals surface area contributed by atoms with Crippen molar-refractivity contribution in [1.29, 1.82) is 0 Å². The van der Waals surface area contributed by atoms with Crippen LogP contribution in [0, 0.1) is 11.8 Å². The molecule has 306 valence electrons. The standard InChI is InChI=1S/C15H33N3O2Si.C14H33NO3Si.C9H18O2/c1-10-11(2)15(7,19)13(12(3)17-18-16)20-21(8,9)14(4,5)6;1-9-11(16)14(6,17)12(10(2)15)18-19(7,8)13(3,4)5;1-5-6(2)9(4,10)8-7(3)11-8/h11-13,19H,10H2,1-9H3;10-12,16-17H,9,15H2,1-8H3;6-8,10H,5H2,1-4H3/t11-,12-,13?,15-;10-,11-,12?,14-;6-,7+,8-,9-/m111/s1.